The fourth-order valence-corrected chi connectivity index (χ4v) is 2.98. The number of phenolic OH excluding ortho intramolecular Hbond substituents is 1. The van der Waals surface area contributed by atoms with Crippen LogP contribution in [0.2, 0.25) is 0 Å². The number of rotatable bonds is 3. The molecule has 3 nitrogen and oxygen atoms in total. The Bertz CT molecular complexity index is 446. The molecule has 0 saturated carbocycles. The first-order valence-corrected chi connectivity index (χ1v) is 6.07. The van der Waals surface area contributed by atoms with Gasteiger partial charge in [0.25, 0.3) is 0 Å². The quantitative estimate of drug-likeness (QED) is 0.866. The number of hydrogen-bond acceptors (Lipinski definition) is 3. The van der Waals surface area contributed by atoms with Crippen LogP contribution in [0.3, 0.4) is 0 Å². The number of para-hydroxylation sites is 1. The van der Waals surface area contributed by atoms with Crippen LogP contribution in [0, 0.1) is 0 Å². The highest BCUT2D eigenvalue weighted by Gasteiger charge is 2.28. The molecule has 0 atom stereocenters. The minimum Gasteiger partial charge on any atom is -0.507 e. The second-order valence-electron chi connectivity index (χ2n) is 3.95. The largest absolute Gasteiger partial charge is 0.507 e. The number of alkyl halides is 1. The summed E-state index contributed by atoms with van der Waals surface area (Å²) in [6, 6.07) is 5.52. The summed E-state index contributed by atoms with van der Waals surface area (Å²) in [5, 5.41) is 9.34. The lowest BCUT2D eigenvalue weighted by atomic mass is 10.2. The molecular weight excluding hydrogens is 219 g/mol. The summed E-state index contributed by atoms with van der Waals surface area (Å²) >= 11 is 0. The van der Waals surface area contributed by atoms with Crippen molar-refractivity contribution < 1.29 is 17.9 Å². The minimum atomic E-state index is -3.77. The van der Waals surface area contributed by atoms with E-state index in [0.29, 0.717) is 0 Å². The summed E-state index contributed by atoms with van der Waals surface area (Å²) in [5.74, 6) is -0.987. The molecule has 5 heteroatoms. The van der Waals surface area contributed by atoms with E-state index in [2.05, 4.69) is 0 Å². The molecule has 0 heterocycles. The molecule has 0 unspecified atom stereocenters. The Kier molecular flexibility index (Phi) is 3.04. The van der Waals surface area contributed by atoms with Crippen molar-refractivity contribution in [2.24, 2.45) is 0 Å². The zero-order chi connectivity index (χ0) is 11.7. The van der Waals surface area contributed by atoms with Gasteiger partial charge in [0, 0.05) is 0 Å². The van der Waals surface area contributed by atoms with Crippen LogP contribution in [0.4, 0.5) is 4.39 Å². The van der Waals surface area contributed by atoms with E-state index in [1.165, 1.54) is 38.1 Å². The van der Waals surface area contributed by atoms with Crippen molar-refractivity contribution >= 4 is 9.84 Å². The van der Waals surface area contributed by atoms with Crippen molar-refractivity contribution in [3.05, 3.63) is 24.3 Å². The predicted octanol–water partition coefficient (Wildman–Crippen LogP) is 1.91. The van der Waals surface area contributed by atoms with E-state index in [-0.39, 0.29) is 10.6 Å². The fourth-order valence-electron chi connectivity index (χ4n) is 1.25. The highest BCUT2D eigenvalue weighted by molar-refractivity contribution is 7.91. The van der Waals surface area contributed by atoms with Crippen molar-refractivity contribution in [2.45, 2.75) is 24.4 Å². The molecule has 0 amide bonds. The van der Waals surface area contributed by atoms with Crippen molar-refractivity contribution in [1.82, 2.24) is 0 Å². The van der Waals surface area contributed by atoms with Crippen molar-refractivity contribution in [1.29, 1.82) is 0 Å². The molecule has 0 aliphatic rings. The second-order valence-corrected chi connectivity index (χ2v) is 5.90. The molecule has 0 aromatic heterocycles. The summed E-state index contributed by atoms with van der Waals surface area (Å²) < 4.78 is 36.6. The van der Waals surface area contributed by atoms with Crippen molar-refractivity contribution in [2.75, 3.05) is 5.75 Å². The Hall–Kier alpha value is -1.10. The smallest absolute Gasteiger partial charge is 0.185 e. The third-order valence-corrected chi connectivity index (χ3v) is 3.82. The highest BCUT2D eigenvalue weighted by atomic mass is 32.2. The molecule has 0 saturated heterocycles. The molecule has 0 spiro atoms. The lowest BCUT2D eigenvalue weighted by Crippen LogP contribution is -2.25. The number of sulfone groups is 1. The van der Waals surface area contributed by atoms with E-state index in [1.54, 1.807) is 0 Å². The fraction of sp³-hybridized carbons (Fsp3) is 0.400. The van der Waals surface area contributed by atoms with Crippen molar-refractivity contribution in [3.63, 3.8) is 0 Å². The maximum Gasteiger partial charge on any atom is 0.185 e. The van der Waals surface area contributed by atoms with Crippen molar-refractivity contribution in [3.8, 4) is 5.75 Å². The number of aromatic hydroxyl groups is 1. The molecule has 0 fully saturated rings. The van der Waals surface area contributed by atoms with E-state index in [9.17, 15) is 17.9 Å². The Morgan fingerprint density at radius 1 is 1.33 bits per heavy atom. The summed E-state index contributed by atoms with van der Waals surface area (Å²) in [6.45, 7) is 2.37. The molecule has 1 rings (SSSR count). The third-order valence-electron chi connectivity index (χ3n) is 1.73. The van der Waals surface area contributed by atoms with Gasteiger partial charge in [-0.05, 0) is 26.0 Å². The first kappa shape index (κ1) is 12.0. The number of halogens is 1. The molecule has 0 aliphatic heterocycles. The predicted molar refractivity (Wildman–Crippen MR) is 55.3 cm³/mol. The molecule has 15 heavy (non-hydrogen) atoms. The summed E-state index contributed by atoms with van der Waals surface area (Å²) in [6.07, 6.45) is 0. The lowest BCUT2D eigenvalue weighted by molar-refractivity contribution is 0.249. The van der Waals surface area contributed by atoms with Gasteiger partial charge < -0.3 is 5.11 Å². The lowest BCUT2D eigenvalue weighted by Gasteiger charge is -2.14. The molecule has 0 radical (unpaired) electrons. The maximum absolute atomic E-state index is 13.2. The average Bonchev–Trinajstić information content (AvgIpc) is 1.99. The van der Waals surface area contributed by atoms with Gasteiger partial charge in [0.2, 0.25) is 0 Å². The van der Waals surface area contributed by atoms with Gasteiger partial charge in [-0.1, -0.05) is 12.1 Å². The van der Waals surface area contributed by atoms with Gasteiger partial charge >= 0.3 is 0 Å². The van der Waals surface area contributed by atoms with E-state index >= 15 is 0 Å². The Balaban J connectivity index is 3.13. The normalized spacial score (nSPS) is 12.7. The minimum absolute atomic E-state index is 0.226. The molecular formula is C10H13FO3S. The van der Waals surface area contributed by atoms with Crippen LogP contribution in [0.1, 0.15) is 13.8 Å². The summed E-state index contributed by atoms with van der Waals surface area (Å²) in [7, 11) is -3.77. The molecule has 0 bridgehead atoms. The van der Waals surface area contributed by atoms with E-state index in [0.717, 1.165) is 0 Å². The molecule has 1 N–H and O–H groups in total. The zero-order valence-electron chi connectivity index (χ0n) is 8.57. The molecule has 0 aliphatic carbocycles. The van der Waals surface area contributed by atoms with Gasteiger partial charge in [0.05, 0.1) is 5.75 Å². The van der Waals surface area contributed by atoms with Crippen LogP contribution < -0.4 is 0 Å². The topological polar surface area (TPSA) is 54.4 Å². The van der Waals surface area contributed by atoms with Gasteiger partial charge in [0.15, 0.2) is 9.84 Å². The standard InChI is InChI=1S/C10H13FO3S/c1-10(2,11)7-15(13,14)9-6-4-3-5-8(9)12/h3-6,12H,7H2,1-2H3. The Morgan fingerprint density at radius 3 is 2.33 bits per heavy atom. The van der Waals surface area contributed by atoms with Crippen LogP contribution in [0.5, 0.6) is 5.75 Å². The molecule has 84 valence electrons. The average molecular weight is 232 g/mol. The highest BCUT2D eigenvalue weighted by Crippen LogP contribution is 2.25. The maximum atomic E-state index is 13.2. The first-order valence-electron chi connectivity index (χ1n) is 4.42. The summed E-state index contributed by atoms with van der Waals surface area (Å²) in [5.41, 5.74) is -1.82. The Labute approximate surface area is 88.5 Å². The molecule has 1 aromatic rings. The van der Waals surface area contributed by atoms with E-state index in [4.69, 9.17) is 0 Å². The van der Waals surface area contributed by atoms with Crippen LogP contribution in [0.25, 0.3) is 0 Å². The zero-order valence-corrected chi connectivity index (χ0v) is 9.38. The van der Waals surface area contributed by atoms with Crippen LogP contribution in [0.15, 0.2) is 29.2 Å². The number of benzene rings is 1. The second kappa shape index (κ2) is 3.81. The first-order chi connectivity index (χ1) is 6.72. The van der Waals surface area contributed by atoms with Gasteiger partial charge in [-0.25, -0.2) is 12.8 Å². The van der Waals surface area contributed by atoms with Crippen LogP contribution in [-0.4, -0.2) is 24.9 Å². The van der Waals surface area contributed by atoms with Crippen LogP contribution >= 0.6 is 0 Å². The Morgan fingerprint density at radius 2 is 1.87 bits per heavy atom. The SMILES string of the molecule is CC(C)(F)CS(=O)(=O)c1ccccc1O. The van der Waals surface area contributed by atoms with Gasteiger partial charge in [-0.15, -0.1) is 0 Å². The van der Waals surface area contributed by atoms with E-state index in [1.807, 2.05) is 0 Å². The van der Waals surface area contributed by atoms with E-state index < -0.39 is 21.3 Å². The summed E-state index contributed by atoms with van der Waals surface area (Å²) in [4.78, 5) is -0.226. The van der Waals surface area contributed by atoms with Gasteiger partial charge in [0.1, 0.15) is 16.3 Å². The van der Waals surface area contributed by atoms with Gasteiger partial charge in [-0.3, -0.25) is 0 Å². The number of hydrogen-bond donors (Lipinski definition) is 1. The number of phenols is 1. The monoisotopic (exact) mass is 232 g/mol. The van der Waals surface area contributed by atoms with Crippen LogP contribution in [-0.2, 0) is 9.84 Å². The molecule has 1 aromatic carbocycles. The third kappa shape index (κ3) is 3.20. The van der Waals surface area contributed by atoms with Gasteiger partial charge in [-0.2, -0.15) is 0 Å².